The molecule has 2 aromatic carbocycles. The third kappa shape index (κ3) is 6.60. The molecule has 7 nitrogen and oxygen atoms in total. The lowest BCUT2D eigenvalue weighted by atomic mass is 10.1. The van der Waals surface area contributed by atoms with Gasteiger partial charge < -0.3 is 13.8 Å². The Bertz CT molecular complexity index is 1400. The lowest BCUT2D eigenvalue weighted by Gasteiger charge is -2.08. The molecule has 180 valence electrons. The van der Waals surface area contributed by atoms with E-state index in [1.54, 1.807) is 12.3 Å². The first-order valence-electron chi connectivity index (χ1n) is 10.3. The predicted molar refractivity (Wildman–Crippen MR) is 124 cm³/mol. The van der Waals surface area contributed by atoms with Crippen molar-refractivity contribution in [2.75, 3.05) is 0 Å². The van der Waals surface area contributed by atoms with E-state index in [1.807, 2.05) is 24.3 Å². The van der Waals surface area contributed by atoms with E-state index in [4.69, 9.17) is 4.52 Å². The minimum atomic E-state index is -4.78. The summed E-state index contributed by atoms with van der Waals surface area (Å²) in [5.74, 6) is 0.510. The quantitative estimate of drug-likeness (QED) is 0.340. The first-order valence-corrected chi connectivity index (χ1v) is 11.3. The van der Waals surface area contributed by atoms with E-state index in [-0.39, 0.29) is 28.1 Å². The molecule has 0 bridgehead atoms. The van der Waals surface area contributed by atoms with Gasteiger partial charge in [-0.05, 0) is 41.5 Å². The van der Waals surface area contributed by atoms with Gasteiger partial charge in [-0.15, -0.1) is 13.2 Å². The van der Waals surface area contributed by atoms with Crippen LogP contribution < -0.4 is 10.3 Å². The fourth-order valence-electron chi connectivity index (χ4n) is 3.24. The third-order valence-electron chi connectivity index (χ3n) is 4.79. The number of alkyl halides is 3. The van der Waals surface area contributed by atoms with Gasteiger partial charge in [-0.3, -0.25) is 9.59 Å². The van der Waals surface area contributed by atoms with Crippen LogP contribution in [0.15, 0.2) is 76.2 Å². The first-order chi connectivity index (χ1) is 16.7. The zero-order chi connectivity index (χ0) is 25.0. The molecule has 0 saturated carbocycles. The van der Waals surface area contributed by atoms with Crippen LogP contribution in [0.5, 0.6) is 5.75 Å². The molecule has 11 heteroatoms. The highest BCUT2D eigenvalue weighted by atomic mass is 32.2. The predicted octanol–water partition coefficient (Wildman–Crippen LogP) is 5.29. The van der Waals surface area contributed by atoms with Crippen molar-refractivity contribution in [1.29, 1.82) is 0 Å². The Morgan fingerprint density at radius 2 is 1.77 bits per heavy atom. The zero-order valence-electron chi connectivity index (χ0n) is 18.3. The second-order valence-electron chi connectivity index (χ2n) is 7.48. The molecule has 0 N–H and O–H groups in total. The third-order valence-corrected chi connectivity index (χ3v) is 5.67. The minimum Gasteiger partial charge on any atom is -0.406 e. The van der Waals surface area contributed by atoms with E-state index < -0.39 is 6.36 Å². The summed E-state index contributed by atoms with van der Waals surface area (Å²) in [5.41, 5.74) is 2.57. The van der Waals surface area contributed by atoms with Crippen molar-refractivity contribution in [3.63, 3.8) is 0 Å². The second kappa shape index (κ2) is 10.2. The van der Waals surface area contributed by atoms with E-state index in [0.29, 0.717) is 23.4 Å². The Morgan fingerprint density at radius 1 is 1.06 bits per heavy atom. The van der Waals surface area contributed by atoms with Crippen LogP contribution in [0, 0.1) is 0 Å². The Labute approximate surface area is 201 Å². The molecule has 4 rings (SSSR count). The molecule has 2 heterocycles. The van der Waals surface area contributed by atoms with E-state index >= 15 is 0 Å². The molecule has 0 unspecified atom stereocenters. The number of halogens is 3. The minimum absolute atomic E-state index is 0.0313. The lowest BCUT2D eigenvalue weighted by Crippen LogP contribution is -2.19. The smallest absolute Gasteiger partial charge is 0.406 e. The molecule has 0 spiro atoms. The average molecular weight is 501 g/mol. The summed E-state index contributed by atoms with van der Waals surface area (Å²) in [4.78, 5) is 27.9. The lowest BCUT2D eigenvalue weighted by molar-refractivity contribution is -0.274. The number of nitrogens with zero attached hydrogens (tertiary/aromatic N) is 3. The number of hydrogen-bond acceptors (Lipinski definition) is 7. The number of ether oxygens (including phenoxy) is 1. The number of thioether (sulfide) groups is 1. The fourth-order valence-corrected chi connectivity index (χ4v) is 3.79. The van der Waals surface area contributed by atoms with Crippen molar-refractivity contribution in [2.24, 2.45) is 0 Å². The molecule has 0 amide bonds. The molecular weight excluding hydrogens is 483 g/mol. The molecular formula is C24H18F3N3O4S. The standard InChI is InChI=1S/C24H18F3N3O4S/c1-15(31)35-14-17-4-2-3-16(11-17)12-30-13-19(7-10-21(30)32)23-28-22(29-34-23)18-5-8-20(9-6-18)33-24(25,26)27/h2-11,13H,12,14H2,1H3. The first kappa shape index (κ1) is 24.3. The van der Waals surface area contributed by atoms with Crippen LogP contribution in [0.2, 0.25) is 0 Å². The summed E-state index contributed by atoms with van der Waals surface area (Å²) < 4.78 is 47.7. The van der Waals surface area contributed by atoms with Crippen molar-refractivity contribution in [3.05, 3.63) is 88.3 Å². The molecule has 0 aliphatic carbocycles. The summed E-state index contributed by atoms with van der Waals surface area (Å²) in [7, 11) is 0. The van der Waals surface area contributed by atoms with Gasteiger partial charge in [0.1, 0.15) is 5.75 Å². The molecule has 4 aromatic rings. The maximum Gasteiger partial charge on any atom is 0.573 e. The number of benzene rings is 2. The van der Waals surface area contributed by atoms with Gasteiger partial charge in [0, 0.05) is 30.5 Å². The summed E-state index contributed by atoms with van der Waals surface area (Å²) >= 11 is 1.21. The van der Waals surface area contributed by atoms with E-state index in [1.165, 1.54) is 41.5 Å². The highest BCUT2D eigenvalue weighted by Crippen LogP contribution is 2.27. The average Bonchev–Trinajstić information content (AvgIpc) is 3.29. The Hall–Kier alpha value is -3.86. The maximum absolute atomic E-state index is 12.4. The SMILES string of the molecule is CC(=O)SCc1cccc(Cn2cc(-c3nc(-c4ccc(OC(F)(F)F)cc4)no3)ccc2=O)c1. The van der Waals surface area contributed by atoms with Crippen molar-refractivity contribution >= 4 is 16.9 Å². The van der Waals surface area contributed by atoms with Crippen LogP contribution in [0.3, 0.4) is 0 Å². The van der Waals surface area contributed by atoms with E-state index in [0.717, 1.165) is 23.3 Å². The highest BCUT2D eigenvalue weighted by Gasteiger charge is 2.31. The summed E-state index contributed by atoms with van der Waals surface area (Å²) in [5, 5.41) is 3.91. The molecule has 0 fully saturated rings. The fraction of sp³-hybridized carbons (Fsp3) is 0.167. The second-order valence-corrected chi connectivity index (χ2v) is 8.63. The van der Waals surface area contributed by atoms with E-state index in [2.05, 4.69) is 14.9 Å². The Morgan fingerprint density at radius 3 is 2.49 bits per heavy atom. The molecule has 0 aliphatic rings. The molecule has 35 heavy (non-hydrogen) atoms. The van der Waals surface area contributed by atoms with Crippen LogP contribution in [-0.2, 0) is 17.1 Å². The van der Waals surface area contributed by atoms with Gasteiger partial charge in [0.05, 0.1) is 12.1 Å². The molecule has 0 aliphatic heterocycles. The normalized spacial score (nSPS) is 11.4. The summed E-state index contributed by atoms with van der Waals surface area (Å²) in [6.07, 6.45) is -3.18. The molecule has 2 aromatic heterocycles. The number of carbonyl (C=O) groups excluding carboxylic acids is 1. The number of rotatable bonds is 7. The topological polar surface area (TPSA) is 87.2 Å². The van der Waals surface area contributed by atoms with Crippen LogP contribution >= 0.6 is 11.8 Å². The number of hydrogen-bond donors (Lipinski definition) is 0. The van der Waals surface area contributed by atoms with Crippen molar-refractivity contribution in [1.82, 2.24) is 14.7 Å². The number of aromatic nitrogens is 3. The van der Waals surface area contributed by atoms with Crippen molar-refractivity contribution in [2.45, 2.75) is 25.6 Å². The largest absolute Gasteiger partial charge is 0.573 e. The van der Waals surface area contributed by atoms with Gasteiger partial charge in [0.2, 0.25) is 5.82 Å². The van der Waals surface area contributed by atoms with Gasteiger partial charge in [0.15, 0.2) is 5.12 Å². The van der Waals surface area contributed by atoms with Gasteiger partial charge >= 0.3 is 6.36 Å². The number of carbonyl (C=O) groups is 1. The van der Waals surface area contributed by atoms with Crippen molar-refractivity contribution < 1.29 is 27.2 Å². The molecule has 0 saturated heterocycles. The Kier molecular flexibility index (Phi) is 7.06. The van der Waals surface area contributed by atoms with Gasteiger partial charge in [0.25, 0.3) is 11.4 Å². The van der Waals surface area contributed by atoms with Gasteiger partial charge in [-0.1, -0.05) is 41.2 Å². The number of pyridine rings is 1. The van der Waals surface area contributed by atoms with Crippen LogP contribution in [0.25, 0.3) is 22.8 Å². The molecule has 0 radical (unpaired) electrons. The highest BCUT2D eigenvalue weighted by molar-refractivity contribution is 8.12. The van der Waals surface area contributed by atoms with Gasteiger partial charge in [-0.25, -0.2) is 0 Å². The van der Waals surface area contributed by atoms with Crippen LogP contribution in [-0.4, -0.2) is 26.2 Å². The van der Waals surface area contributed by atoms with Crippen LogP contribution in [0.4, 0.5) is 13.2 Å². The zero-order valence-corrected chi connectivity index (χ0v) is 19.1. The van der Waals surface area contributed by atoms with Crippen LogP contribution in [0.1, 0.15) is 18.1 Å². The Balaban J connectivity index is 1.52. The maximum atomic E-state index is 12.4. The summed E-state index contributed by atoms with van der Waals surface area (Å²) in [6, 6.07) is 15.6. The summed E-state index contributed by atoms with van der Waals surface area (Å²) in [6.45, 7) is 1.81. The molecule has 0 atom stereocenters. The van der Waals surface area contributed by atoms with Gasteiger partial charge in [-0.2, -0.15) is 4.98 Å². The monoisotopic (exact) mass is 501 g/mol. The van der Waals surface area contributed by atoms with Crippen molar-refractivity contribution in [3.8, 4) is 28.6 Å². The van der Waals surface area contributed by atoms with E-state index in [9.17, 15) is 22.8 Å².